The normalized spacial score (nSPS) is 11.4. The molecule has 0 radical (unpaired) electrons. The van der Waals surface area contributed by atoms with E-state index in [-0.39, 0.29) is 5.69 Å². The Balaban J connectivity index is 2.27. The van der Waals surface area contributed by atoms with Crippen molar-refractivity contribution in [1.82, 2.24) is 0 Å². The van der Waals surface area contributed by atoms with Gasteiger partial charge in [0, 0.05) is 5.69 Å². The Labute approximate surface area is 106 Å². The summed E-state index contributed by atoms with van der Waals surface area (Å²) >= 11 is 0. The molecule has 2 aromatic rings. The molecule has 3 N–H and O–H groups in total. The van der Waals surface area contributed by atoms with Crippen molar-refractivity contribution in [3.05, 3.63) is 53.8 Å². The van der Waals surface area contributed by atoms with Gasteiger partial charge in [-0.2, -0.15) is 13.2 Å². The maximum absolute atomic E-state index is 13.0. The van der Waals surface area contributed by atoms with Crippen LogP contribution >= 0.6 is 0 Å². The summed E-state index contributed by atoms with van der Waals surface area (Å²) in [6.07, 6.45) is -4.44. The molecule has 0 fully saturated rings. The van der Waals surface area contributed by atoms with Crippen LogP contribution in [0.15, 0.2) is 42.5 Å². The van der Waals surface area contributed by atoms with Gasteiger partial charge in [0.25, 0.3) is 0 Å². The summed E-state index contributed by atoms with van der Waals surface area (Å²) in [5.74, 6) is -0.449. The fourth-order valence-corrected chi connectivity index (χ4v) is 1.57. The average molecular weight is 270 g/mol. The van der Waals surface area contributed by atoms with Crippen LogP contribution in [0.25, 0.3) is 0 Å². The lowest BCUT2D eigenvalue weighted by Gasteiger charge is -2.12. The fourth-order valence-electron chi connectivity index (χ4n) is 1.57. The molecule has 0 unspecified atom stereocenters. The Morgan fingerprint density at radius 1 is 1.00 bits per heavy atom. The summed E-state index contributed by atoms with van der Waals surface area (Å²) in [5.41, 5.74) is 5.37. The van der Waals surface area contributed by atoms with Crippen LogP contribution in [0.4, 0.5) is 34.6 Å². The van der Waals surface area contributed by atoms with E-state index >= 15 is 0 Å². The molecule has 0 aliphatic rings. The highest BCUT2D eigenvalue weighted by Gasteiger charge is 2.30. The van der Waals surface area contributed by atoms with Crippen LogP contribution in [0.3, 0.4) is 0 Å². The molecule has 19 heavy (non-hydrogen) atoms. The zero-order valence-corrected chi connectivity index (χ0v) is 9.63. The summed E-state index contributed by atoms with van der Waals surface area (Å²) in [6, 6.07) is 8.51. The van der Waals surface area contributed by atoms with Crippen molar-refractivity contribution in [3.63, 3.8) is 0 Å². The molecule has 0 aromatic heterocycles. The van der Waals surface area contributed by atoms with Crippen LogP contribution in [-0.4, -0.2) is 0 Å². The van der Waals surface area contributed by atoms with Crippen molar-refractivity contribution in [1.29, 1.82) is 0 Å². The third-order valence-electron chi connectivity index (χ3n) is 2.48. The molecule has 0 amide bonds. The average Bonchev–Trinajstić information content (AvgIpc) is 2.30. The molecule has 0 spiro atoms. The highest BCUT2D eigenvalue weighted by molar-refractivity contribution is 5.73. The van der Waals surface area contributed by atoms with Gasteiger partial charge in [0.15, 0.2) is 0 Å². The van der Waals surface area contributed by atoms with Gasteiger partial charge in [-0.1, -0.05) is 6.07 Å². The van der Waals surface area contributed by atoms with Crippen molar-refractivity contribution in [2.24, 2.45) is 0 Å². The van der Waals surface area contributed by atoms with Crippen LogP contribution in [0, 0.1) is 5.82 Å². The summed E-state index contributed by atoms with van der Waals surface area (Å²) in [4.78, 5) is 0. The van der Waals surface area contributed by atoms with E-state index in [1.807, 2.05) is 0 Å². The van der Waals surface area contributed by atoms with E-state index in [2.05, 4.69) is 5.32 Å². The van der Waals surface area contributed by atoms with Gasteiger partial charge < -0.3 is 11.1 Å². The minimum absolute atomic E-state index is 0.0564. The zero-order chi connectivity index (χ0) is 14.0. The Morgan fingerprint density at radius 3 is 2.32 bits per heavy atom. The predicted molar refractivity (Wildman–Crippen MR) is 65.5 cm³/mol. The molecule has 0 saturated heterocycles. The summed E-state index contributed by atoms with van der Waals surface area (Å²) in [6.45, 7) is 0. The number of benzene rings is 2. The molecule has 2 nitrogen and oxygen atoms in total. The molecule has 100 valence electrons. The molecular formula is C13H10F4N2. The van der Waals surface area contributed by atoms with Crippen LogP contribution < -0.4 is 11.1 Å². The van der Waals surface area contributed by atoms with Crippen LogP contribution in [0.1, 0.15) is 5.56 Å². The summed E-state index contributed by atoms with van der Waals surface area (Å²) in [5, 5.41) is 2.76. The smallest absolute Gasteiger partial charge is 0.397 e. The Morgan fingerprint density at radius 2 is 1.74 bits per heavy atom. The largest absolute Gasteiger partial charge is 0.416 e. The number of nitrogen functional groups attached to an aromatic ring is 1. The fraction of sp³-hybridized carbons (Fsp3) is 0.0769. The first-order valence-electron chi connectivity index (χ1n) is 5.35. The molecule has 0 heterocycles. The van der Waals surface area contributed by atoms with Gasteiger partial charge in [-0.25, -0.2) is 4.39 Å². The number of hydrogen-bond donors (Lipinski definition) is 2. The highest BCUT2D eigenvalue weighted by Crippen LogP contribution is 2.33. The van der Waals surface area contributed by atoms with Crippen LogP contribution in [-0.2, 0) is 6.18 Å². The van der Waals surface area contributed by atoms with Gasteiger partial charge in [-0.3, -0.25) is 0 Å². The van der Waals surface area contributed by atoms with Gasteiger partial charge in [0.2, 0.25) is 0 Å². The van der Waals surface area contributed by atoms with Crippen molar-refractivity contribution >= 4 is 17.1 Å². The number of hydrogen-bond acceptors (Lipinski definition) is 2. The van der Waals surface area contributed by atoms with E-state index in [1.54, 1.807) is 6.07 Å². The van der Waals surface area contributed by atoms with Crippen molar-refractivity contribution in [3.8, 4) is 0 Å². The van der Waals surface area contributed by atoms with Gasteiger partial charge >= 0.3 is 6.18 Å². The molecule has 2 rings (SSSR count). The van der Waals surface area contributed by atoms with Crippen molar-refractivity contribution in [2.45, 2.75) is 6.18 Å². The summed E-state index contributed by atoms with van der Waals surface area (Å²) < 4.78 is 50.3. The Kier molecular flexibility index (Phi) is 3.33. The van der Waals surface area contributed by atoms with Gasteiger partial charge in [0.1, 0.15) is 5.82 Å². The molecule has 6 heteroatoms. The number of anilines is 3. The SMILES string of the molecule is Nc1cc(C(F)(F)F)ccc1Nc1cccc(F)c1. The number of nitrogens with two attached hydrogens (primary N) is 1. The summed E-state index contributed by atoms with van der Waals surface area (Å²) in [7, 11) is 0. The molecular weight excluding hydrogens is 260 g/mol. The Hall–Kier alpha value is -2.24. The zero-order valence-electron chi connectivity index (χ0n) is 9.63. The van der Waals surface area contributed by atoms with E-state index < -0.39 is 17.6 Å². The lowest BCUT2D eigenvalue weighted by Crippen LogP contribution is -2.06. The van der Waals surface area contributed by atoms with E-state index in [1.165, 1.54) is 24.3 Å². The molecule has 0 aliphatic heterocycles. The molecule has 0 atom stereocenters. The van der Waals surface area contributed by atoms with Crippen molar-refractivity contribution < 1.29 is 17.6 Å². The molecule has 0 bridgehead atoms. The van der Waals surface area contributed by atoms with Gasteiger partial charge in [0.05, 0.1) is 16.9 Å². The monoisotopic (exact) mass is 270 g/mol. The minimum atomic E-state index is -4.44. The molecule has 0 aliphatic carbocycles. The van der Waals surface area contributed by atoms with E-state index in [9.17, 15) is 17.6 Å². The second kappa shape index (κ2) is 4.79. The maximum Gasteiger partial charge on any atom is 0.416 e. The number of rotatable bonds is 2. The minimum Gasteiger partial charge on any atom is -0.397 e. The second-order valence-corrected chi connectivity index (χ2v) is 3.94. The highest BCUT2D eigenvalue weighted by atomic mass is 19.4. The van der Waals surface area contributed by atoms with Gasteiger partial charge in [-0.15, -0.1) is 0 Å². The number of nitrogens with one attached hydrogen (secondary N) is 1. The van der Waals surface area contributed by atoms with Gasteiger partial charge in [-0.05, 0) is 36.4 Å². The quantitative estimate of drug-likeness (QED) is 0.635. The predicted octanol–water partition coefficient (Wildman–Crippen LogP) is 4.17. The standard InChI is InChI=1S/C13H10F4N2/c14-9-2-1-3-10(7-9)19-12-5-4-8(6-11(12)18)13(15,16)17/h1-7,19H,18H2. The maximum atomic E-state index is 13.0. The molecule has 0 saturated carbocycles. The third-order valence-corrected chi connectivity index (χ3v) is 2.48. The van der Waals surface area contributed by atoms with E-state index in [4.69, 9.17) is 5.73 Å². The lowest BCUT2D eigenvalue weighted by molar-refractivity contribution is -0.137. The lowest BCUT2D eigenvalue weighted by atomic mass is 10.1. The van der Waals surface area contributed by atoms with Crippen LogP contribution in [0.5, 0.6) is 0 Å². The Bertz CT molecular complexity index is 593. The number of halogens is 4. The van der Waals surface area contributed by atoms with Crippen molar-refractivity contribution in [2.75, 3.05) is 11.1 Å². The number of alkyl halides is 3. The first-order valence-corrected chi connectivity index (χ1v) is 5.35. The first-order chi connectivity index (χ1) is 8.86. The van der Waals surface area contributed by atoms with E-state index in [0.717, 1.165) is 12.1 Å². The van der Waals surface area contributed by atoms with Crippen LogP contribution in [0.2, 0.25) is 0 Å². The van der Waals surface area contributed by atoms with E-state index in [0.29, 0.717) is 11.4 Å². The topological polar surface area (TPSA) is 38.0 Å². The third kappa shape index (κ3) is 3.15. The molecule has 2 aromatic carbocycles. The first kappa shape index (κ1) is 13.2. The second-order valence-electron chi connectivity index (χ2n) is 3.94.